The molecule has 9 nitrogen and oxygen atoms in total. The lowest BCUT2D eigenvalue weighted by atomic mass is 9.94. The summed E-state index contributed by atoms with van der Waals surface area (Å²) in [5.41, 5.74) is 0.604. The normalized spacial score (nSPS) is 23.7. The molecule has 1 aromatic heterocycles. The van der Waals surface area contributed by atoms with Crippen LogP contribution in [-0.4, -0.2) is 78.8 Å². The molecule has 10 heteroatoms. The molecule has 1 amide bonds. The highest BCUT2D eigenvalue weighted by atomic mass is 32.2. The Kier molecular flexibility index (Phi) is 6.46. The minimum atomic E-state index is -3.69. The summed E-state index contributed by atoms with van der Waals surface area (Å²) in [7, 11) is -3.69. The number of likely N-dealkylation sites (N-methyl/N-ethyl adjacent to an activating group) is 1. The highest BCUT2D eigenvalue weighted by Gasteiger charge is 2.32. The van der Waals surface area contributed by atoms with Gasteiger partial charge in [0.2, 0.25) is 15.9 Å². The molecule has 32 heavy (non-hydrogen) atoms. The van der Waals surface area contributed by atoms with Crippen molar-refractivity contribution in [3.8, 4) is 0 Å². The lowest BCUT2D eigenvalue weighted by molar-refractivity contribution is -0.133. The molecule has 0 spiro atoms. The summed E-state index contributed by atoms with van der Waals surface area (Å²) < 4.78 is 34.5. The third-order valence-electron chi connectivity index (χ3n) is 6.58. The molecule has 0 saturated carbocycles. The van der Waals surface area contributed by atoms with Gasteiger partial charge in [-0.1, -0.05) is 20.8 Å². The first-order chi connectivity index (χ1) is 15.2. The number of hydrogen-bond donors (Lipinski definition) is 0. The molecule has 176 valence electrons. The van der Waals surface area contributed by atoms with Gasteiger partial charge in [-0.2, -0.15) is 4.31 Å². The summed E-state index contributed by atoms with van der Waals surface area (Å²) in [6.07, 6.45) is 1.00. The summed E-state index contributed by atoms with van der Waals surface area (Å²) in [6, 6.07) is 4.46. The summed E-state index contributed by atoms with van der Waals surface area (Å²) in [5.74, 6) is -0.211. The Morgan fingerprint density at radius 2 is 1.75 bits per heavy atom. The average molecular weight is 465 g/mol. The first-order valence-electron chi connectivity index (χ1n) is 11.3. The van der Waals surface area contributed by atoms with E-state index in [4.69, 9.17) is 4.42 Å². The Morgan fingerprint density at radius 1 is 1.09 bits per heavy atom. The van der Waals surface area contributed by atoms with Crippen molar-refractivity contribution in [2.45, 2.75) is 38.6 Å². The lowest BCUT2D eigenvalue weighted by Crippen LogP contribution is -2.49. The smallest absolute Gasteiger partial charge is 0.408 e. The topological polar surface area (TPSA) is 96.1 Å². The van der Waals surface area contributed by atoms with E-state index in [1.165, 1.54) is 21.0 Å². The third kappa shape index (κ3) is 4.49. The average Bonchev–Trinajstić information content (AvgIpc) is 3.07. The van der Waals surface area contributed by atoms with E-state index in [1.807, 2.05) is 0 Å². The number of sulfonamides is 1. The van der Waals surface area contributed by atoms with E-state index < -0.39 is 15.8 Å². The van der Waals surface area contributed by atoms with Gasteiger partial charge in [0.1, 0.15) is 6.54 Å². The molecule has 0 aliphatic carbocycles. The third-order valence-corrected chi connectivity index (χ3v) is 8.41. The molecule has 2 atom stereocenters. The van der Waals surface area contributed by atoms with Crippen LogP contribution in [-0.2, 0) is 21.4 Å². The van der Waals surface area contributed by atoms with E-state index in [1.54, 1.807) is 11.0 Å². The van der Waals surface area contributed by atoms with Gasteiger partial charge in [-0.05, 0) is 36.9 Å². The molecule has 0 N–H and O–H groups in total. The zero-order valence-electron chi connectivity index (χ0n) is 19.0. The SMILES string of the molecule is CCN1CCN(C(=O)Cn2c(=O)oc3cc(S(=O)(=O)N4C[C@H](C)C[C@H](C)C4)ccc32)CC1. The second-order valence-electron chi connectivity index (χ2n) is 9.17. The van der Waals surface area contributed by atoms with E-state index in [-0.39, 0.29) is 22.9 Å². The van der Waals surface area contributed by atoms with Crippen molar-refractivity contribution in [3.05, 3.63) is 28.7 Å². The number of fused-ring (bicyclic) bond motifs is 1. The molecule has 0 bridgehead atoms. The van der Waals surface area contributed by atoms with Crippen LogP contribution < -0.4 is 5.76 Å². The van der Waals surface area contributed by atoms with Crippen LogP contribution in [0.15, 0.2) is 32.3 Å². The number of rotatable bonds is 5. The van der Waals surface area contributed by atoms with Crippen molar-refractivity contribution >= 4 is 27.0 Å². The van der Waals surface area contributed by atoms with Gasteiger partial charge in [0, 0.05) is 45.3 Å². The van der Waals surface area contributed by atoms with Crippen molar-refractivity contribution in [2.75, 3.05) is 45.8 Å². The van der Waals surface area contributed by atoms with Crippen LogP contribution in [0.5, 0.6) is 0 Å². The van der Waals surface area contributed by atoms with E-state index >= 15 is 0 Å². The largest absolute Gasteiger partial charge is 0.420 e. The van der Waals surface area contributed by atoms with Crippen molar-refractivity contribution in [3.63, 3.8) is 0 Å². The van der Waals surface area contributed by atoms with Crippen LogP contribution in [0, 0.1) is 11.8 Å². The maximum Gasteiger partial charge on any atom is 0.420 e. The predicted molar refractivity (Wildman–Crippen MR) is 121 cm³/mol. The van der Waals surface area contributed by atoms with Gasteiger partial charge in [0.15, 0.2) is 5.58 Å². The Hall–Kier alpha value is -2.17. The number of piperazine rings is 1. The molecule has 2 aromatic rings. The second-order valence-corrected chi connectivity index (χ2v) is 11.1. The van der Waals surface area contributed by atoms with Crippen molar-refractivity contribution in [1.82, 2.24) is 18.7 Å². The highest BCUT2D eigenvalue weighted by molar-refractivity contribution is 7.89. The Balaban J connectivity index is 1.55. The minimum absolute atomic E-state index is 0.106. The first-order valence-corrected chi connectivity index (χ1v) is 12.8. The van der Waals surface area contributed by atoms with Gasteiger partial charge < -0.3 is 14.2 Å². The highest BCUT2D eigenvalue weighted by Crippen LogP contribution is 2.28. The first kappa shape index (κ1) is 23.0. The quantitative estimate of drug-likeness (QED) is 0.664. The fourth-order valence-corrected chi connectivity index (χ4v) is 6.55. The number of oxazole rings is 1. The minimum Gasteiger partial charge on any atom is -0.408 e. The summed E-state index contributed by atoms with van der Waals surface area (Å²) in [5, 5.41) is 0. The Morgan fingerprint density at radius 3 is 2.38 bits per heavy atom. The number of hydrogen-bond acceptors (Lipinski definition) is 6. The molecular weight excluding hydrogens is 432 g/mol. The fraction of sp³-hybridized carbons (Fsp3) is 0.636. The van der Waals surface area contributed by atoms with Gasteiger partial charge >= 0.3 is 5.76 Å². The van der Waals surface area contributed by atoms with Crippen molar-refractivity contribution < 1.29 is 17.6 Å². The van der Waals surface area contributed by atoms with Crippen LogP contribution in [0.2, 0.25) is 0 Å². The van der Waals surface area contributed by atoms with Crippen LogP contribution >= 0.6 is 0 Å². The molecule has 3 heterocycles. The molecule has 2 aliphatic rings. The fourth-order valence-electron chi connectivity index (χ4n) is 4.86. The van der Waals surface area contributed by atoms with Gasteiger partial charge in [-0.3, -0.25) is 9.36 Å². The number of aromatic nitrogens is 1. The summed E-state index contributed by atoms with van der Waals surface area (Å²) in [4.78, 5) is 29.4. The number of amides is 1. The van der Waals surface area contributed by atoms with Crippen molar-refractivity contribution in [1.29, 1.82) is 0 Å². The maximum absolute atomic E-state index is 13.2. The molecule has 0 radical (unpaired) electrons. The number of nitrogens with zero attached hydrogens (tertiary/aromatic N) is 4. The number of carbonyl (C=O) groups excluding carboxylic acids is 1. The molecule has 2 aliphatic heterocycles. The van der Waals surface area contributed by atoms with E-state index in [0.29, 0.717) is 43.5 Å². The predicted octanol–water partition coefficient (Wildman–Crippen LogP) is 1.43. The van der Waals surface area contributed by atoms with Gasteiger partial charge in [0.25, 0.3) is 0 Å². The van der Waals surface area contributed by atoms with Gasteiger partial charge in [0.05, 0.1) is 10.4 Å². The zero-order chi connectivity index (χ0) is 23.0. The molecule has 2 fully saturated rings. The number of piperidine rings is 1. The standard InChI is InChI=1S/C22H32N4O5S/c1-4-23-7-9-24(10-8-23)21(27)15-26-19-6-5-18(12-20(19)31-22(26)28)32(29,30)25-13-16(2)11-17(3)14-25/h5-6,12,16-17H,4,7-11,13-15H2,1-3H3/t16-,17+. The number of benzene rings is 1. The number of carbonyl (C=O) groups is 1. The lowest BCUT2D eigenvalue weighted by Gasteiger charge is -2.34. The molecule has 1 aromatic carbocycles. The molecular formula is C22H32N4O5S. The zero-order valence-corrected chi connectivity index (χ0v) is 19.8. The van der Waals surface area contributed by atoms with Crippen LogP contribution in [0.25, 0.3) is 11.1 Å². The van der Waals surface area contributed by atoms with Crippen LogP contribution in [0.3, 0.4) is 0 Å². The maximum atomic E-state index is 13.2. The van der Waals surface area contributed by atoms with Crippen LogP contribution in [0.4, 0.5) is 0 Å². The van der Waals surface area contributed by atoms with Crippen molar-refractivity contribution in [2.24, 2.45) is 11.8 Å². The molecule has 4 rings (SSSR count). The molecule has 2 saturated heterocycles. The Labute approximate surface area is 188 Å². The monoisotopic (exact) mass is 464 g/mol. The summed E-state index contributed by atoms with van der Waals surface area (Å²) in [6.45, 7) is 10.9. The van der Waals surface area contributed by atoms with E-state index in [9.17, 15) is 18.0 Å². The summed E-state index contributed by atoms with van der Waals surface area (Å²) >= 11 is 0. The Bertz CT molecular complexity index is 1140. The van der Waals surface area contributed by atoms with E-state index in [0.717, 1.165) is 26.1 Å². The van der Waals surface area contributed by atoms with Gasteiger partial charge in [-0.25, -0.2) is 13.2 Å². The van der Waals surface area contributed by atoms with Gasteiger partial charge in [-0.15, -0.1) is 0 Å². The van der Waals surface area contributed by atoms with E-state index in [2.05, 4.69) is 25.7 Å². The van der Waals surface area contributed by atoms with Crippen LogP contribution in [0.1, 0.15) is 27.2 Å². The second kappa shape index (κ2) is 8.99. The molecule has 0 unspecified atom stereocenters.